The van der Waals surface area contributed by atoms with E-state index in [0.29, 0.717) is 46.9 Å². The first-order valence-corrected chi connectivity index (χ1v) is 11.4. The van der Waals surface area contributed by atoms with Crippen molar-refractivity contribution < 1.29 is 28.6 Å². The van der Waals surface area contributed by atoms with Gasteiger partial charge in [0.15, 0.2) is 6.61 Å². The van der Waals surface area contributed by atoms with Crippen molar-refractivity contribution >= 4 is 17.8 Å². The fourth-order valence-electron chi connectivity index (χ4n) is 4.26. The van der Waals surface area contributed by atoms with Crippen molar-refractivity contribution in [2.75, 3.05) is 53.6 Å². The van der Waals surface area contributed by atoms with Crippen LogP contribution in [0.4, 0.5) is 0 Å². The lowest BCUT2D eigenvalue weighted by molar-refractivity contribution is -0.139. The molecule has 34 heavy (non-hydrogen) atoms. The molecule has 1 aromatic carbocycles. The predicted molar refractivity (Wildman–Crippen MR) is 126 cm³/mol. The van der Waals surface area contributed by atoms with Gasteiger partial charge in [0, 0.05) is 37.6 Å². The summed E-state index contributed by atoms with van der Waals surface area (Å²) in [5.74, 6) is -1.36. The summed E-state index contributed by atoms with van der Waals surface area (Å²) in [6, 6.07) is 7.08. The molecular formula is C25H33N3O6. The molecule has 2 heterocycles. The molecule has 0 radical (unpaired) electrons. The number of likely N-dealkylation sites (N-methyl/N-ethyl adjacent to an activating group) is 1. The first-order valence-electron chi connectivity index (χ1n) is 11.4. The van der Waals surface area contributed by atoms with E-state index >= 15 is 0 Å². The molecule has 1 aromatic rings. The molecule has 0 aromatic heterocycles. The first kappa shape index (κ1) is 25.3. The second kappa shape index (κ2) is 11.2. The van der Waals surface area contributed by atoms with E-state index in [9.17, 15) is 14.4 Å². The van der Waals surface area contributed by atoms with Crippen LogP contribution in [0.5, 0.6) is 5.75 Å². The third-order valence-electron chi connectivity index (χ3n) is 6.07. The minimum atomic E-state index is -0.704. The van der Waals surface area contributed by atoms with Gasteiger partial charge in [0.25, 0.3) is 5.91 Å². The summed E-state index contributed by atoms with van der Waals surface area (Å²) < 4.78 is 16.1. The van der Waals surface area contributed by atoms with Crippen molar-refractivity contribution in [2.24, 2.45) is 0 Å². The Morgan fingerprint density at radius 1 is 1.03 bits per heavy atom. The number of nitrogens with zero attached hydrogens (tertiary/aromatic N) is 2. The summed E-state index contributed by atoms with van der Waals surface area (Å²) >= 11 is 0. The Morgan fingerprint density at radius 2 is 1.68 bits per heavy atom. The first-order chi connectivity index (χ1) is 16.3. The van der Waals surface area contributed by atoms with Gasteiger partial charge in [0.05, 0.1) is 30.8 Å². The van der Waals surface area contributed by atoms with Crippen molar-refractivity contribution in [2.45, 2.75) is 26.7 Å². The van der Waals surface area contributed by atoms with Gasteiger partial charge < -0.3 is 29.3 Å². The number of ether oxygens (including phenoxy) is 3. The molecule has 0 spiro atoms. The van der Waals surface area contributed by atoms with Gasteiger partial charge >= 0.3 is 11.9 Å². The van der Waals surface area contributed by atoms with Gasteiger partial charge in [-0.2, -0.15) is 0 Å². The quantitative estimate of drug-likeness (QED) is 0.602. The Morgan fingerprint density at radius 3 is 2.29 bits per heavy atom. The van der Waals surface area contributed by atoms with Crippen LogP contribution in [-0.4, -0.2) is 81.2 Å². The van der Waals surface area contributed by atoms with Crippen LogP contribution in [0.3, 0.4) is 0 Å². The van der Waals surface area contributed by atoms with Gasteiger partial charge in [-0.3, -0.25) is 4.79 Å². The molecule has 0 bridgehead atoms. The summed E-state index contributed by atoms with van der Waals surface area (Å²) in [5, 5.41) is 3.10. The Hall–Kier alpha value is -3.33. The number of esters is 2. The highest BCUT2D eigenvalue weighted by Crippen LogP contribution is 2.40. The topological polar surface area (TPSA) is 97.4 Å². The number of nitrogens with one attached hydrogen (secondary N) is 1. The molecule has 9 nitrogen and oxygen atoms in total. The summed E-state index contributed by atoms with van der Waals surface area (Å²) in [4.78, 5) is 42.1. The molecule has 1 N–H and O–H groups in total. The van der Waals surface area contributed by atoms with E-state index in [0.717, 1.165) is 13.1 Å². The average molecular weight is 472 g/mol. The zero-order valence-electron chi connectivity index (χ0n) is 20.5. The third kappa shape index (κ3) is 5.59. The molecule has 1 amide bonds. The van der Waals surface area contributed by atoms with Crippen LogP contribution in [0.2, 0.25) is 0 Å². The fraction of sp³-hybridized carbons (Fsp3) is 0.480. The molecule has 1 unspecified atom stereocenters. The summed E-state index contributed by atoms with van der Waals surface area (Å²) in [6.07, 6.45) is 0. The molecule has 0 aliphatic carbocycles. The van der Waals surface area contributed by atoms with Gasteiger partial charge in [0.2, 0.25) is 0 Å². The maximum atomic E-state index is 12.9. The minimum absolute atomic E-state index is 0.0747. The number of benzene rings is 1. The van der Waals surface area contributed by atoms with Crippen LogP contribution in [0.25, 0.3) is 0 Å². The standard InChI is InChI=1S/C25H33N3O6/c1-6-33-25(31)22-17(3)26-16(2)21(24(30)32-5)23(22)18-8-7-9-19(14-18)34-15-20(29)28-12-10-27(4)11-13-28/h7-9,14,23,26H,6,10-13,15H2,1-5H3. The monoisotopic (exact) mass is 471 g/mol. The number of methoxy groups -OCH3 is 1. The lowest BCUT2D eigenvalue weighted by Crippen LogP contribution is -2.48. The molecule has 3 rings (SSSR count). The summed E-state index contributed by atoms with van der Waals surface area (Å²) in [5.41, 5.74) is 2.51. The summed E-state index contributed by atoms with van der Waals surface area (Å²) in [7, 11) is 3.34. The number of carbonyl (C=O) groups is 3. The van der Waals surface area contributed by atoms with Gasteiger partial charge in [-0.1, -0.05) is 12.1 Å². The molecule has 184 valence electrons. The van der Waals surface area contributed by atoms with E-state index in [2.05, 4.69) is 10.2 Å². The van der Waals surface area contributed by atoms with Gasteiger partial charge in [0.1, 0.15) is 5.75 Å². The normalized spacial score (nSPS) is 19.0. The molecule has 1 atom stereocenters. The van der Waals surface area contributed by atoms with Crippen molar-refractivity contribution in [1.82, 2.24) is 15.1 Å². The highest BCUT2D eigenvalue weighted by molar-refractivity contribution is 5.99. The lowest BCUT2D eigenvalue weighted by atomic mass is 9.80. The molecule has 2 aliphatic rings. The van der Waals surface area contributed by atoms with Crippen LogP contribution in [0.1, 0.15) is 32.3 Å². The number of hydrogen-bond donors (Lipinski definition) is 1. The van der Waals surface area contributed by atoms with E-state index < -0.39 is 17.9 Å². The molecule has 1 saturated heterocycles. The number of rotatable bonds is 7. The van der Waals surface area contributed by atoms with Crippen LogP contribution in [0.15, 0.2) is 46.8 Å². The zero-order valence-corrected chi connectivity index (χ0v) is 20.5. The van der Waals surface area contributed by atoms with Crippen molar-refractivity contribution in [3.63, 3.8) is 0 Å². The molecule has 2 aliphatic heterocycles. The van der Waals surface area contributed by atoms with E-state index in [4.69, 9.17) is 14.2 Å². The maximum absolute atomic E-state index is 12.9. The number of piperazine rings is 1. The number of dihydropyridines is 1. The van der Waals surface area contributed by atoms with Crippen molar-refractivity contribution in [3.05, 3.63) is 52.4 Å². The molecule has 1 fully saturated rings. The highest BCUT2D eigenvalue weighted by Gasteiger charge is 2.37. The second-order valence-corrected chi connectivity index (χ2v) is 8.39. The molecule has 0 saturated carbocycles. The number of hydrogen-bond acceptors (Lipinski definition) is 8. The third-order valence-corrected chi connectivity index (χ3v) is 6.07. The SMILES string of the molecule is CCOC(=O)C1=C(C)NC(C)=C(C(=O)OC)C1c1cccc(OCC(=O)N2CCN(C)CC2)c1. The average Bonchev–Trinajstić information content (AvgIpc) is 2.82. The maximum Gasteiger partial charge on any atom is 0.336 e. The lowest BCUT2D eigenvalue weighted by Gasteiger charge is -2.32. The molecular weight excluding hydrogens is 438 g/mol. The largest absolute Gasteiger partial charge is 0.484 e. The van der Waals surface area contributed by atoms with E-state index in [1.54, 1.807) is 43.9 Å². The predicted octanol–water partition coefficient (Wildman–Crippen LogP) is 1.81. The minimum Gasteiger partial charge on any atom is -0.484 e. The zero-order chi connectivity index (χ0) is 24.8. The smallest absolute Gasteiger partial charge is 0.336 e. The van der Waals surface area contributed by atoms with Gasteiger partial charge in [-0.15, -0.1) is 0 Å². The molecule has 9 heteroatoms. The Kier molecular flexibility index (Phi) is 8.33. The Bertz CT molecular complexity index is 1010. The van der Waals surface area contributed by atoms with E-state index in [1.807, 2.05) is 13.1 Å². The highest BCUT2D eigenvalue weighted by atomic mass is 16.5. The van der Waals surface area contributed by atoms with Crippen LogP contribution < -0.4 is 10.1 Å². The fourth-order valence-corrected chi connectivity index (χ4v) is 4.26. The van der Waals surface area contributed by atoms with Gasteiger partial charge in [-0.25, -0.2) is 9.59 Å². The Balaban J connectivity index is 1.88. The number of allylic oxidation sites excluding steroid dienone is 2. The number of carbonyl (C=O) groups excluding carboxylic acids is 3. The van der Waals surface area contributed by atoms with E-state index in [1.165, 1.54) is 7.11 Å². The van der Waals surface area contributed by atoms with Crippen LogP contribution in [0, 0.1) is 0 Å². The van der Waals surface area contributed by atoms with Crippen LogP contribution in [-0.2, 0) is 23.9 Å². The van der Waals surface area contributed by atoms with Crippen molar-refractivity contribution in [1.29, 1.82) is 0 Å². The van der Waals surface area contributed by atoms with Gasteiger partial charge in [-0.05, 0) is 45.5 Å². The number of amides is 1. The van der Waals surface area contributed by atoms with Crippen molar-refractivity contribution in [3.8, 4) is 5.75 Å². The van der Waals surface area contributed by atoms with Crippen LogP contribution >= 0.6 is 0 Å². The second-order valence-electron chi connectivity index (χ2n) is 8.39. The summed E-state index contributed by atoms with van der Waals surface area (Å²) in [6.45, 7) is 8.40. The van der Waals surface area contributed by atoms with E-state index in [-0.39, 0.29) is 19.1 Å². The Labute approximate surface area is 200 Å².